The number of para-hydroxylation sites is 1. The van der Waals surface area contributed by atoms with E-state index >= 15 is 0 Å². The number of nitrogens with two attached hydrogens (primary N) is 1. The van der Waals surface area contributed by atoms with Crippen LogP contribution in [0, 0.1) is 5.92 Å². The first-order valence-electron chi connectivity index (χ1n) is 11.6. The van der Waals surface area contributed by atoms with Gasteiger partial charge < -0.3 is 25.3 Å². The standard InChI is InChI=1S/C28H32N2O5/c1-19(2)13-14-34-25-12-11-20(16-26(25)33-3)17-30-28(32)22-8-6-7-21(15-22)18-35-24-10-5-4-9-23(24)27(29)31/h4-12,15-16,19H,13-14,17-18H2,1-3H3,(H2,29,31)(H,30,32). The molecule has 35 heavy (non-hydrogen) atoms. The van der Waals surface area contributed by atoms with Crippen molar-refractivity contribution in [2.24, 2.45) is 11.7 Å². The Kier molecular flexibility index (Phi) is 9.12. The highest BCUT2D eigenvalue weighted by Gasteiger charge is 2.11. The molecular formula is C28H32N2O5. The Balaban J connectivity index is 1.59. The fourth-order valence-corrected chi connectivity index (χ4v) is 3.39. The summed E-state index contributed by atoms with van der Waals surface area (Å²) in [7, 11) is 1.60. The van der Waals surface area contributed by atoms with Crippen molar-refractivity contribution in [1.82, 2.24) is 5.32 Å². The van der Waals surface area contributed by atoms with E-state index in [1.807, 2.05) is 24.3 Å². The lowest BCUT2D eigenvalue weighted by Crippen LogP contribution is -2.23. The Labute approximate surface area is 206 Å². The predicted molar refractivity (Wildman–Crippen MR) is 135 cm³/mol. The first-order valence-corrected chi connectivity index (χ1v) is 11.6. The van der Waals surface area contributed by atoms with Gasteiger partial charge in [0.25, 0.3) is 11.8 Å². The molecular weight excluding hydrogens is 444 g/mol. The van der Waals surface area contributed by atoms with Crippen molar-refractivity contribution in [2.75, 3.05) is 13.7 Å². The molecule has 0 fully saturated rings. The van der Waals surface area contributed by atoms with Crippen molar-refractivity contribution < 1.29 is 23.8 Å². The monoisotopic (exact) mass is 476 g/mol. The summed E-state index contributed by atoms with van der Waals surface area (Å²) >= 11 is 0. The molecule has 7 heteroatoms. The lowest BCUT2D eigenvalue weighted by molar-refractivity contribution is 0.0949. The SMILES string of the molecule is COc1cc(CNC(=O)c2cccc(COc3ccccc3C(N)=O)c2)ccc1OCCC(C)C. The van der Waals surface area contributed by atoms with Gasteiger partial charge in [-0.1, -0.05) is 44.2 Å². The fourth-order valence-electron chi connectivity index (χ4n) is 3.39. The molecule has 0 atom stereocenters. The van der Waals surface area contributed by atoms with Crippen LogP contribution in [0.25, 0.3) is 0 Å². The Hall–Kier alpha value is -4.00. The molecule has 0 heterocycles. The molecule has 0 saturated carbocycles. The summed E-state index contributed by atoms with van der Waals surface area (Å²) in [6.07, 6.45) is 0.961. The lowest BCUT2D eigenvalue weighted by Gasteiger charge is -2.14. The van der Waals surface area contributed by atoms with E-state index < -0.39 is 5.91 Å². The topological polar surface area (TPSA) is 99.9 Å². The first kappa shape index (κ1) is 25.6. The Morgan fingerprint density at radius 2 is 1.69 bits per heavy atom. The highest BCUT2D eigenvalue weighted by atomic mass is 16.5. The van der Waals surface area contributed by atoms with E-state index in [1.165, 1.54) is 0 Å². The van der Waals surface area contributed by atoms with Crippen LogP contribution in [-0.2, 0) is 13.2 Å². The average Bonchev–Trinajstić information content (AvgIpc) is 2.86. The second-order valence-corrected chi connectivity index (χ2v) is 8.55. The molecule has 0 spiro atoms. The van der Waals surface area contributed by atoms with Crippen molar-refractivity contribution in [3.8, 4) is 17.2 Å². The van der Waals surface area contributed by atoms with Gasteiger partial charge in [0.15, 0.2) is 11.5 Å². The third kappa shape index (κ3) is 7.50. The molecule has 0 aliphatic rings. The van der Waals surface area contributed by atoms with Crippen LogP contribution < -0.4 is 25.3 Å². The molecule has 0 saturated heterocycles. The maximum Gasteiger partial charge on any atom is 0.252 e. The molecule has 2 amide bonds. The number of hydrogen-bond donors (Lipinski definition) is 2. The molecule has 0 aliphatic heterocycles. The molecule has 3 aromatic rings. The zero-order valence-corrected chi connectivity index (χ0v) is 20.4. The number of ether oxygens (including phenoxy) is 3. The quantitative estimate of drug-likeness (QED) is 0.394. The Morgan fingerprint density at radius 1 is 0.886 bits per heavy atom. The van der Waals surface area contributed by atoms with Crippen LogP contribution in [0.1, 0.15) is 52.1 Å². The van der Waals surface area contributed by atoms with Gasteiger partial charge in [-0.15, -0.1) is 0 Å². The van der Waals surface area contributed by atoms with Crippen molar-refractivity contribution in [3.05, 3.63) is 89.0 Å². The maximum absolute atomic E-state index is 12.7. The van der Waals surface area contributed by atoms with E-state index in [9.17, 15) is 9.59 Å². The van der Waals surface area contributed by atoms with Crippen LogP contribution in [0.2, 0.25) is 0 Å². The molecule has 0 aliphatic carbocycles. The van der Waals surface area contributed by atoms with Crippen LogP contribution in [0.4, 0.5) is 0 Å². The van der Waals surface area contributed by atoms with Gasteiger partial charge in [-0.25, -0.2) is 0 Å². The summed E-state index contributed by atoms with van der Waals surface area (Å²) in [5.74, 6) is 1.53. The Morgan fingerprint density at radius 3 is 2.43 bits per heavy atom. The van der Waals surface area contributed by atoms with E-state index in [0.717, 1.165) is 17.5 Å². The van der Waals surface area contributed by atoms with Gasteiger partial charge in [0.2, 0.25) is 0 Å². The van der Waals surface area contributed by atoms with Crippen LogP contribution >= 0.6 is 0 Å². The van der Waals surface area contributed by atoms with Gasteiger partial charge in [0, 0.05) is 12.1 Å². The van der Waals surface area contributed by atoms with Gasteiger partial charge in [-0.3, -0.25) is 9.59 Å². The minimum atomic E-state index is -0.555. The number of carbonyl (C=O) groups is 2. The van der Waals surface area contributed by atoms with Crippen LogP contribution in [0.15, 0.2) is 66.7 Å². The number of nitrogens with one attached hydrogen (secondary N) is 1. The van der Waals surface area contributed by atoms with Crippen LogP contribution in [-0.4, -0.2) is 25.5 Å². The summed E-state index contributed by atoms with van der Waals surface area (Å²) in [5, 5.41) is 2.93. The summed E-state index contributed by atoms with van der Waals surface area (Å²) in [5.41, 5.74) is 7.91. The number of benzene rings is 3. The fraction of sp³-hybridized carbons (Fsp3) is 0.286. The molecule has 7 nitrogen and oxygen atoms in total. The molecule has 3 aromatic carbocycles. The van der Waals surface area contributed by atoms with E-state index in [4.69, 9.17) is 19.9 Å². The Bertz CT molecular complexity index is 1160. The number of amides is 2. The van der Waals surface area contributed by atoms with E-state index in [0.29, 0.717) is 47.4 Å². The predicted octanol–water partition coefficient (Wildman–Crippen LogP) is 4.73. The normalized spacial score (nSPS) is 10.6. The molecule has 0 aromatic heterocycles. The van der Waals surface area contributed by atoms with Gasteiger partial charge in [-0.2, -0.15) is 0 Å². The van der Waals surface area contributed by atoms with Crippen molar-refractivity contribution >= 4 is 11.8 Å². The number of methoxy groups -OCH3 is 1. The summed E-state index contributed by atoms with van der Waals surface area (Å²) in [6, 6.07) is 19.6. The number of hydrogen-bond acceptors (Lipinski definition) is 5. The van der Waals surface area contributed by atoms with Gasteiger partial charge in [-0.05, 0) is 59.9 Å². The number of carbonyl (C=O) groups excluding carboxylic acids is 2. The zero-order valence-electron chi connectivity index (χ0n) is 20.4. The van der Waals surface area contributed by atoms with Crippen molar-refractivity contribution in [3.63, 3.8) is 0 Å². The van der Waals surface area contributed by atoms with Crippen molar-refractivity contribution in [1.29, 1.82) is 0 Å². The second-order valence-electron chi connectivity index (χ2n) is 8.55. The molecule has 0 unspecified atom stereocenters. The summed E-state index contributed by atoms with van der Waals surface area (Å²) in [6.45, 7) is 5.46. The van der Waals surface area contributed by atoms with Gasteiger partial charge in [0.1, 0.15) is 12.4 Å². The third-order valence-electron chi connectivity index (χ3n) is 5.37. The third-order valence-corrected chi connectivity index (χ3v) is 5.37. The van der Waals surface area contributed by atoms with Crippen LogP contribution in [0.5, 0.6) is 17.2 Å². The second kappa shape index (κ2) is 12.5. The minimum absolute atomic E-state index is 0.195. The highest BCUT2D eigenvalue weighted by molar-refractivity contribution is 5.95. The summed E-state index contributed by atoms with van der Waals surface area (Å²) in [4.78, 5) is 24.3. The molecule has 3 N–H and O–H groups in total. The van der Waals surface area contributed by atoms with Gasteiger partial charge in [0.05, 0.1) is 19.3 Å². The van der Waals surface area contributed by atoms with Crippen molar-refractivity contribution in [2.45, 2.75) is 33.4 Å². The van der Waals surface area contributed by atoms with Crippen LogP contribution in [0.3, 0.4) is 0 Å². The smallest absolute Gasteiger partial charge is 0.252 e. The molecule has 184 valence electrons. The minimum Gasteiger partial charge on any atom is -0.493 e. The maximum atomic E-state index is 12.7. The molecule has 3 rings (SSSR count). The summed E-state index contributed by atoms with van der Waals surface area (Å²) < 4.78 is 17.1. The number of rotatable bonds is 12. The van der Waals surface area contributed by atoms with Gasteiger partial charge >= 0.3 is 0 Å². The number of primary amides is 1. The average molecular weight is 477 g/mol. The lowest BCUT2D eigenvalue weighted by atomic mass is 10.1. The first-order chi connectivity index (χ1) is 16.9. The molecule has 0 radical (unpaired) electrons. The zero-order chi connectivity index (χ0) is 25.2. The largest absolute Gasteiger partial charge is 0.493 e. The highest BCUT2D eigenvalue weighted by Crippen LogP contribution is 2.28. The van der Waals surface area contributed by atoms with E-state index in [1.54, 1.807) is 49.6 Å². The molecule has 0 bridgehead atoms. The van der Waals surface area contributed by atoms with E-state index in [-0.39, 0.29) is 12.5 Å². The van der Waals surface area contributed by atoms with E-state index in [2.05, 4.69) is 19.2 Å².